The maximum atomic E-state index is 12.4. The van der Waals surface area contributed by atoms with Gasteiger partial charge in [-0.2, -0.15) is 5.10 Å². The second-order valence-corrected chi connectivity index (χ2v) is 7.40. The Morgan fingerprint density at radius 3 is 2.65 bits per heavy atom. The summed E-state index contributed by atoms with van der Waals surface area (Å²) in [7, 11) is 0. The second kappa shape index (κ2) is 6.61. The number of carbonyl (C=O) groups is 1. The van der Waals surface area contributed by atoms with Crippen LogP contribution in [0.25, 0.3) is 5.69 Å². The molecule has 1 N–H and O–H groups in total. The highest BCUT2D eigenvalue weighted by molar-refractivity contribution is 6.30. The second-order valence-electron chi connectivity index (χ2n) is 6.97. The van der Waals surface area contributed by atoms with Crippen molar-refractivity contribution in [3.63, 3.8) is 0 Å². The minimum absolute atomic E-state index is 0.000728. The van der Waals surface area contributed by atoms with E-state index in [-0.39, 0.29) is 11.8 Å². The molecule has 2 heterocycles. The smallest absolute Gasteiger partial charge is 0.226 e. The molecule has 1 aliphatic rings. The third-order valence-electron chi connectivity index (χ3n) is 4.88. The standard InChI is InChI=1S/C21H20ClN3O/c1-13(2)14-6-8-15(9-7-14)18-11-20(26)24-21-19(18)12-23-25(21)17-5-3-4-16(22)10-17/h3-10,12-13,18H,11H2,1-2H3,(H,24,26)/t18-/m0/s1. The number of amides is 1. The molecule has 5 heteroatoms. The molecule has 2 aromatic carbocycles. The average Bonchev–Trinajstić information content (AvgIpc) is 3.05. The normalized spacial score (nSPS) is 16.5. The van der Waals surface area contributed by atoms with Crippen LogP contribution in [0.3, 0.4) is 0 Å². The zero-order chi connectivity index (χ0) is 18.3. The Morgan fingerprint density at radius 2 is 1.96 bits per heavy atom. The Labute approximate surface area is 157 Å². The first-order chi connectivity index (χ1) is 12.5. The number of nitrogens with one attached hydrogen (secondary N) is 1. The van der Waals surface area contributed by atoms with E-state index < -0.39 is 0 Å². The van der Waals surface area contributed by atoms with Gasteiger partial charge >= 0.3 is 0 Å². The fraction of sp³-hybridized carbons (Fsp3) is 0.238. The lowest BCUT2D eigenvalue weighted by atomic mass is 9.86. The van der Waals surface area contributed by atoms with E-state index in [4.69, 9.17) is 11.6 Å². The summed E-state index contributed by atoms with van der Waals surface area (Å²) in [6.07, 6.45) is 2.27. The molecule has 3 aromatic rings. The van der Waals surface area contributed by atoms with Crippen LogP contribution in [0.15, 0.2) is 54.7 Å². The van der Waals surface area contributed by atoms with Crippen LogP contribution >= 0.6 is 11.6 Å². The van der Waals surface area contributed by atoms with E-state index in [1.54, 1.807) is 4.68 Å². The van der Waals surface area contributed by atoms with Crippen LogP contribution in [0.2, 0.25) is 5.02 Å². The van der Waals surface area contributed by atoms with E-state index in [1.807, 2.05) is 30.5 Å². The first-order valence-electron chi connectivity index (χ1n) is 8.76. The lowest BCUT2D eigenvalue weighted by molar-refractivity contribution is -0.116. The monoisotopic (exact) mass is 365 g/mol. The highest BCUT2D eigenvalue weighted by Gasteiger charge is 2.30. The van der Waals surface area contributed by atoms with Gasteiger partial charge in [0.05, 0.1) is 11.9 Å². The number of rotatable bonds is 3. The highest BCUT2D eigenvalue weighted by atomic mass is 35.5. The average molecular weight is 366 g/mol. The van der Waals surface area contributed by atoms with E-state index in [2.05, 4.69) is 48.5 Å². The maximum absolute atomic E-state index is 12.4. The number of fused-ring (bicyclic) bond motifs is 1. The Hall–Kier alpha value is -2.59. The topological polar surface area (TPSA) is 46.9 Å². The van der Waals surface area contributed by atoms with Crippen molar-refractivity contribution < 1.29 is 4.79 Å². The van der Waals surface area contributed by atoms with Crippen LogP contribution in [0, 0.1) is 0 Å². The molecule has 1 atom stereocenters. The Bertz CT molecular complexity index is 960. The van der Waals surface area contributed by atoms with Gasteiger partial charge in [-0.1, -0.05) is 55.8 Å². The third kappa shape index (κ3) is 3.01. The van der Waals surface area contributed by atoms with Gasteiger partial charge in [-0.3, -0.25) is 4.79 Å². The maximum Gasteiger partial charge on any atom is 0.226 e. The van der Waals surface area contributed by atoms with Crippen LogP contribution < -0.4 is 5.32 Å². The van der Waals surface area contributed by atoms with Gasteiger partial charge in [0.1, 0.15) is 5.82 Å². The Balaban J connectivity index is 1.76. The SMILES string of the molecule is CC(C)c1ccc([C@@H]2CC(=O)Nc3c2cnn3-c2cccc(Cl)c2)cc1. The lowest BCUT2D eigenvalue weighted by Crippen LogP contribution is -2.24. The Kier molecular flexibility index (Phi) is 4.29. The number of hydrogen-bond donors (Lipinski definition) is 1. The van der Waals surface area contributed by atoms with Gasteiger partial charge in [0, 0.05) is 22.9 Å². The molecule has 0 radical (unpaired) electrons. The number of benzene rings is 2. The molecule has 1 aliphatic heterocycles. The number of carbonyl (C=O) groups excluding carboxylic acids is 1. The van der Waals surface area contributed by atoms with Crippen molar-refractivity contribution in [3.8, 4) is 5.69 Å². The van der Waals surface area contributed by atoms with Crippen molar-refractivity contribution in [1.82, 2.24) is 9.78 Å². The molecule has 132 valence electrons. The molecule has 0 saturated heterocycles. The summed E-state index contributed by atoms with van der Waals surface area (Å²) in [6.45, 7) is 4.35. The van der Waals surface area contributed by atoms with Crippen molar-refractivity contribution in [2.24, 2.45) is 0 Å². The molecule has 1 amide bonds. The van der Waals surface area contributed by atoms with Crippen LogP contribution in [-0.2, 0) is 4.79 Å². The predicted octanol–water partition coefficient (Wildman–Crippen LogP) is 5.12. The predicted molar refractivity (Wildman–Crippen MR) is 104 cm³/mol. The van der Waals surface area contributed by atoms with Crippen molar-refractivity contribution in [1.29, 1.82) is 0 Å². The fourth-order valence-corrected chi connectivity index (χ4v) is 3.62. The zero-order valence-corrected chi connectivity index (χ0v) is 15.5. The summed E-state index contributed by atoms with van der Waals surface area (Å²) < 4.78 is 1.74. The summed E-state index contributed by atoms with van der Waals surface area (Å²) >= 11 is 6.11. The van der Waals surface area contributed by atoms with Gasteiger partial charge in [0.2, 0.25) is 5.91 Å². The van der Waals surface area contributed by atoms with E-state index in [1.165, 1.54) is 5.56 Å². The summed E-state index contributed by atoms with van der Waals surface area (Å²) in [5, 5.41) is 8.12. The van der Waals surface area contributed by atoms with Gasteiger partial charge in [-0.15, -0.1) is 0 Å². The summed E-state index contributed by atoms with van der Waals surface area (Å²) in [5.74, 6) is 1.22. The van der Waals surface area contributed by atoms with Crippen molar-refractivity contribution >= 4 is 23.3 Å². The van der Waals surface area contributed by atoms with E-state index in [9.17, 15) is 4.79 Å². The van der Waals surface area contributed by atoms with Crippen LogP contribution in [0.1, 0.15) is 48.8 Å². The van der Waals surface area contributed by atoms with Crippen molar-refractivity contribution in [3.05, 3.63) is 76.4 Å². The van der Waals surface area contributed by atoms with E-state index in [0.29, 0.717) is 17.4 Å². The number of anilines is 1. The molecule has 0 bridgehead atoms. The summed E-state index contributed by atoms with van der Waals surface area (Å²) in [4.78, 5) is 12.4. The third-order valence-corrected chi connectivity index (χ3v) is 5.11. The number of nitrogens with zero attached hydrogens (tertiary/aromatic N) is 2. The first-order valence-corrected chi connectivity index (χ1v) is 9.14. The first kappa shape index (κ1) is 16.9. The lowest BCUT2D eigenvalue weighted by Gasteiger charge is -2.24. The number of hydrogen-bond acceptors (Lipinski definition) is 2. The van der Waals surface area contributed by atoms with E-state index >= 15 is 0 Å². The van der Waals surface area contributed by atoms with Crippen LogP contribution in [0.4, 0.5) is 5.82 Å². The molecule has 0 spiro atoms. The number of halogens is 1. The molecular formula is C21H20ClN3O. The van der Waals surface area contributed by atoms with Crippen molar-refractivity contribution in [2.75, 3.05) is 5.32 Å². The molecule has 0 unspecified atom stereocenters. The molecule has 26 heavy (non-hydrogen) atoms. The number of aromatic nitrogens is 2. The van der Waals surface area contributed by atoms with Gasteiger partial charge in [0.25, 0.3) is 0 Å². The molecule has 0 saturated carbocycles. The van der Waals surface area contributed by atoms with Gasteiger partial charge in [-0.05, 0) is 35.2 Å². The highest BCUT2D eigenvalue weighted by Crippen LogP contribution is 2.38. The Morgan fingerprint density at radius 1 is 1.19 bits per heavy atom. The van der Waals surface area contributed by atoms with Gasteiger partial charge < -0.3 is 5.32 Å². The van der Waals surface area contributed by atoms with Gasteiger partial charge in [0.15, 0.2) is 0 Å². The molecule has 0 fully saturated rings. The minimum Gasteiger partial charge on any atom is -0.310 e. The fourth-order valence-electron chi connectivity index (χ4n) is 3.43. The molecule has 4 rings (SSSR count). The molecule has 4 nitrogen and oxygen atoms in total. The van der Waals surface area contributed by atoms with Crippen LogP contribution in [-0.4, -0.2) is 15.7 Å². The summed E-state index contributed by atoms with van der Waals surface area (Å²) in [6, 6.07) is 16.0. The molecular weight excluding hydrogens is 346 g/mol. The molecule has 0 aliphatic carbocycles. The van der Waals surface area contributed by atoms with Crippen LogP contribution in [0.5, 0.6) is 0 Å². The minimum atomic E-state index is -0.000728. The summed E-state index contributed by atoms with van der Waals surface area (Å²) in [5.41, 5.74) is 4.29. The molecule has 1 aromatic heterocycles. The quantitative estimate of drug-likeness (QED) is 0.700. The van der Waals surface area contributed by atoms with E-state index in [0.717, 1.165) is 22.6 Å². The largest absolute Gasteiger partial charge is 0.310 e. The zero-order valence-electron chi connectivity index (χ0n) is 14.7. The van der Waals surface area contributed by atoms with Crippen molar-refractivity contribution in [2.45, 2.75) is 32.1 Å². The van der Waals surface area contributed by atoms with Gasteiger partial charge in [-0.25, -0.2) is 4.68 Å².